The summed E-state index contributed by atoms with van der Waals surface area (Å²) in [5.41, 5.74) is 0. The number of allylic oxidation sites excluding steroid dienone is 2. The van der Waals surface area contributed by atoms with Crippen LogP contribution in [0.25, 0.3) is 0 Å². The number of ether oxygens (including phenoxy) is 2. The van der Waals surface area contributed by atoms with E-state index >= 15 is 0 Å². The first-order chi connectivity index (χ1) is 36.3. The molecule has 1 amide bonds. The number of nitrogens with one attached hydrogen (secondary N) is 1. The SMILES string of the molecule is CCCCCCCCCCCCCC/C=C\CCCCCCCCCCCCCCC(=O)NC(COC1OC(CO)C(O)C(O)C1O)C(O)CCCCCCCCCCCCCCCCCCCCCCCCC. The van der Waals surface area contributed by atoms with E-state index in [1.165, 1.54) is 276 Å². The molecule has 0 aromatic carbocycles. The summed E-state index contributed by atoms with van der Waals surface area (Å²) in [6.45, 7) is 3.90. The van der Waals surface area contributed by atoms with Gasteiger partial charge >= 0.3 is 0 Å². The third-order valence-electron chi connectivity index (χ3n) is 16.1. The minimum absolute atomic E-state index is 0.133. The van der Waals surface area contributed by atoms with Gasteiger partial charge in [0.2, 0.25) is 5.91 Å². The number of hydrogen-bond donors (Lipinski definition) is 6. The lowest BCUT2D eigenvalue weighted by molar-refractivity contribution is -0.302. The summed E-state index contributed by atoms with van der Waals surface area (Å²) in [4.78, 5) is 13.1. The molecule has 7 unspecified atom stereocenters. The Morgan fingerprint density at radius 1 is 0.446 bits per heavy atom. The van der Waals surface area contributed by atoms with Gasteiger partial charge in [-0.05, 0) is 38.5 Å². The largest absolute Gasteiger partial charge is 0.394 e. The molecule has 9 nitrogen and oxygen atoms in total. The molecule has 6 N–H and O–H groups in total. The maximum absolute atomic E-state index is 13.1. The zero-order chi connectivity index (χ0) is 53.6. The standard InChI is InChI=1S/C65H127NO8/c1-3-5-7-9-11-13-15-17-19-21-23-25-27-28-29-30-31-33-35-37-39-41-43-45-47-49-51-53-55-61(69)66-58(57-73-65-64(72)63(71)62(70)60(56-67)74-65)59(68)54-52-50-48-46-44-42-40-38-36-34-32-26-24-22-20-18-16-14-12-10-8-6-4-2/h28-29,58-60,62-65,67-68,70-72H,3-27,30-57H2,1-2H3,(H,66,69)/b29-28-. The van der Waals surface area contributed by atoms with E-state index in [9.17, 15) is 30.3 Å². The maximum Gasteiger partial charge on any atom is 0.220 e. The first-order valence-electron chi connectivity index (χ1n) is 32.9. The average molecular weight is 1050 g/mol. The maximum atomic E-state index is 13.1. The summed E-state index contributed by atoms with van der Waals surface area (Å²) >= 11 is 0. The van der Waals surface area contributed by atoms with Crippen molar-refractivity contribution in [1.82, 2.24) is 5.32 Å². The summed E-state index contributed by atoms with van der Waals surface area (Å²) in [7, 11) is 0. The topological polar surface area (TPSA) is 149 Å². The van der Waals surface area contributed by atoms with Crippen molar-refractivity contribution in [2.45, 2.75) is 384 Å². The normalized spacial score (nSPS) is 18.9. The number of carbonyl (C=O) groups excluding carboxylic acids is 1. The second-order valence-corrected chi connectivity index (χ2v) is 23.3. The van der Waals surface area contributed by atoms with Gasteiger partial charge in [0, 0.05) is 6.42 Å². The monoisotopic (exact) mass is 1050 g/mol. The molecule has 1 fully saturated rings. The molecule has 0 spiro atoms. The summed E-state index contributed by atoms with van der Waals surface area (Å²) < 4.78 is 11.4. The zero-order valence-electron chi connectivity index (χ0n) is 49.1. The molecule has 1 aliphatic rings. The number of rotatable bonds is 58. The molecule has 1 heterocycles. The van der Waals surface area contributed by atoms with Gasteiger partial charge < -0.3 is 40.3 Å². The fourth-order valence-electron chi connectivity index (χ4n) is 10.9. The van der Waals surface area contributed by atoms with Gasteiger partial charge in [0.25, 0.3) is 0 Å². The van der Waals surface area contributed by atoms with Crippen LogP contribution in [-0.2, 0) is 14.3 Å². The molecule has 0 saturated carbocycles. The minimum Gasteiger partial charge on any atom is -0.394 e. The van der Waals surface area contributed by atoms with Gasteiger partial charge in [0.1, 0.15) is 24.4 Å². The molecule has 7 atom stereocenters. The molecule has 0 bridgehead atoms. The number of aliphatic hydroxyl groups is 5. The van der Waals surface area contributed by atoms with Crippen LogP contribution >= 0.6 is 0 Å². The van der Waals surface area contributed by atoms with Crippen LogP contribution in [0, 0.1) is 0 Å². The Hall–Kier alpha value is -1.07. The number of amides is 1. The quantitative estimate of drug-likeness (QED) is 0.0261. The first kappa shape index (κ1) is 70.9. The van der Waals surface area contributed by atoms with Crippen molar-refractivity contribution in [3.05, 3.63) is 12.2 Å². The molecule has 0 aromatic rings. The van der Waals surface area contributed by atoms with Crippen LogP contribution in [0.1, 0.15) is 341 Å². The van der Waals surface area contributed by atoms with E-state index in [0.29, 0.717) is 12.8 Å². The van der Waals surface area contributed by atoms with E-state index in [2.05, 4.69) is 31.3 Å². The van der Waals surface area contributed by atoms with Crippen LogP contribution in [0.2, 0.25) is 0 Å². The molecule has 440 valence electrons. The molecule has 0 radical (unpaired) electrons. The van der Waals surface area contributed by atoms with Gasteiger partial charge in [-0.25, -0.2) is 0 Å². The third kappa shape index (κ3) is 43.9. The van der Waals surface area contributed by atoms with E-state index < -0.39 is 49.5 Å². The van der Waals surface area contributed by atoms with Crippen molar-refractivity contribution >= 4 is 5.91 Å². The second-order valence-electron chi connectivity index (χ2n) is 23.3. The summed E-state index contributed by atoms with van der Waals surface area (Å²) in [6, 6.07) is -0.717. The lowest BCUT2D eigenvalue weighted by Crippen LogP contribution is -2.60. The Morgan fingerprint density at radius 3 is 1.09 bits per heavy atom. The summed E-state index contributed by atoms with van der Waals surface area (Å²) in [5.74, 6) is -0.137. The number of hydrogen-bond acceptors (Lipinski definition) is 8. The van der Waals surface area contributed by atoms with E-state index in [4.69, 9.17) is 9.47 Å². The summed E-state index contributed by atoms with van der Waals surface area (Å²) in [6.07, 6.45) is 62.6. The summed E-state index contributed by atoms with van der Waals surface area (Å²) in [5, 5.41) is 54.9. The molecule has 0 aromatic heterocycles. The van der Waals surface area contributed by atoms with Gasteiger partial charge in [-0.2, -0.15) is 0 Å². The van der Waals surface area contributed by atoms with Crippen LogP contribution in [0.15, 0.2) is 12.2 Å². The highest BCUT2D eigenvalue weighted by Crippen LogP contribution is 2.24. The Morgan fingerprint density at radius 2 is 0.757 bits per heavy atom. The van der Waals surface area contributed by atoms with E-state index in [-0.39, 0.29) is 12.5 Å². The molecule has 9 heteroatoms. The highest BCUT2D eigenvalue weighted by atomic mass is 16.7. The van der Waals surface area contributed by atoms with Gasteiger partial charge in [0.05, 0.1) is 25.4 Å². The lowest BCUT2D eigenvalue weighted by Gasteiger charge is -2.40. The van der Waals surface area contributed by atoms with Crippen molar-refractivity contribution in [1.29, 1.82) is 0 Å². The van der Waals surface area contributed by atoms with Gasteiger partial charge in [-0.15, -0.1) is 0 Å². The van der Waals surface area contributed by atoms with Crippen molar-refractivity contribution < 1.29 is 39.8 Å². The molecule has 1 rings (SSSR count). The number of carbonyl (C=O) groups is 1. The lowest BCUT2D eigenvalue weighted by atomic mass is 9.99. The van der Waals surface area contributed by atoms with E-state index in [1.54, 1.807) is 0 Å². The molecular weight excluding hydrogens is 923 g/mol. The molecule has 1 aliphatic heterocycles. The Kier molecular flexibility index (Phi) is 53.0. The Labute approximate surface area is 458 Å². The van der Waals surface area contributed by atoms with E-state index in [0.717, 1.165) is 38.5 Å². The second kappa shape index (κ2) is 55.3. The highest BCUT2D eigenvalue weighted by Gasteiger charge is 2.44. The fourth-order valence-corrected chi connectivity index (χ4v) is 10.9. The zero-order valence-corrected chi connectivity index (χ0v) is 49.1. The Bertz CT molecular complexity index is 1170. The number of aliphatic hydroxyl groups excluding tert-OH is 5. The predicted octanol–water partition coefficient (Wildman–Crippen LogP) is 17.1. The first-order valence-corrected chi connectivity index (χ1v) is 32.9. The molecule has 0 aliphatic carbocycles. The van der Waals surface area contributed by atoms with Crippen molar-refractivity contribution in [3.8, 4) is 0 Å². The van der Waals surface area contributed by atoms with Gasteiger partial charge in [-0.1, -0.05) is 309 Å². The van der Waals surface area contributed by atoms with Crippen molar-refractivity contribution in [2.24, 2.45) is 0 Å². The van der Waals surface area contributed by atoms with Crippen LogP contribution in [-0.4, -0.2) is 87.5 Å². The predicted molar refractivity (Wildman–Crippen MR) is 314 cm³/mol. The van der Waals surface area contributed by atoms with Crippen LogP contribution in [0.3, 0.4) is 0 Å². The van der Waals surface area contributed by atoms with Gasteiger partial charge in [-0.3, -0.25) is 4.79 Å². The van der Waals surface area contributed by atoms with Crippen LogP contribution < -0.4 is 5.32 Å². The van der Waals surface area contributed by atoms with E-state index in [1.807, 2.05) is 0 Å². The molecule has 74 heavy (non-hydrogen) atoms. The van der Waals surface area contributed by atoms with Crippen molar-refractivity contribution in [3.63, 3.8) is 0 Å². The number of unbranched alkanes of at least 4 members (excludes halogenated alkanes) is 46. The smallest absolute Gasteiger partial charge is 0.220 e. The van der Waals surface area contributed by atoms with Gasteiger partial charge in [0.15, 0.2) is 6.29 Å². The average Bonchev–Trinajstić information content (AvgIpc) is 3.40. The van der Waals surface area contributed by atoms with Crippen molar-refractivity contribution in [2.75, 3.05) is 13.2 Å². The minimum atomic E-state index is -1.55. The van der Waals surface area contributed by atoms with Crippen LogP contribution in [0.4, 0.5) is 0 Å². The highest BCUT2D eigenvalue weighted by molar-refractivity contribution is 5.76. The molecular formula is C65H127NO8. The third-order valence-corrected chi connectivity index (χ3v) is 16.1. The molecule has 1 saturated heterocycles. The van der Waals surface area contributed by atoms with Crippen LogP contribution in [0.5, 0.6) is 0 Å². The fraction of sp³-hybridized carbons (Fsp3) is 0.954. The Balaban J connectivity index is 2.13.